The van der Waals surface area contributed by atoms with E-state index in [-0.39, 0.29) is 18.3 Å². The van der Waals surface area contributed by atoms with Gasteiger partial charge >= 0.3 is 6.03 Å². The van der Waals surface area contributed by atoms with Gasteiger partial charge in [0.15, 0.2) is 0 Å². The maximum atomic E-state index is 13.3. The second kappa shape index (κ2) is 5.84. The van der Waals surface area contributed by atoms with Crippen molar-refractivity contribution in [3.8, 4) is 0 Å². The Morgan fingerprint density at radius 3 is 2.88 bits per heavy atom. The van der Waals surface area contributed by atoms with Gasteiger partial charge in [-0.2, -0.15) is 0 Å². The zero-order valence-electron chi connectivity index (χ0n) is 9.58. The molecule has 2 amide bonds. The van der Waals surface area contributed by atoms with Crippen LogP contribution in [0.5, 0.6) is 0 Å². The van der Waals surface area contributed by atoms with Crippen molar-refractivity contribution in [2.75, 3.05) is 19.0 Å². The molecule has 1 rings (SSSR count). The molecule has 1 atom stereocenters. The second-order valence-corrected chi connectivity index (χ2v) is 4.13. The lowest BCUT2D eigenvalue weighted by atomic mass is 10.3. The molecule has 1 unspecified atom stereocenters. The van der Waals surface area contributed by atoms with Crippen LogP contribution in [0.25, 0.3) is 0 Å². The third kappa shape index (κ3) is 3.57. The normalized spacial score (nSPS) is 12.1. The van der Waals surface area contributed by atoms with Gasteiger partial charge in [-0.05, 0) is 25.1 Å². The lowest BCUT2D eigenvalue weighted by molar-refractivity contribution is 0.166. The van der Waals surface area contributed by atoms with Crippen LogP contribution >= 0.6 is 11.6 Å². The Labute approximate surface area is 104 Å². The molecule has 0 aliphatic heterocycles. The highest BCUT2D eigenvalue weighted by Crippen LogP contribution is 2.19. The first kappa shape index (κ1) is 13.7. The number of likely N-dealkylation sites (N-methyl/N-ethyl adjacent to an activating group) is 1. The summed E-state index contributed by atoms with van der Waals surface area (Å²) in [4.78, 5) is 12.9. The molecule has 2 N–H and O–H groups in total. The van der Waals surface area contributed by atoms with Gasteiger partial charge in [0.05, 0.1) is 18.3 Å². The van der Waals surface area contributed by atoms with Crippen molar-refractivity contribution in [1.82, 2.24) is 4.90 Å². The molecule has 0 fully saturated rings. The molecule has 0 aliphatic carbocycles. The number of aliphatic hydroxyl groups excluding tert-OH is 1. The molecule has 17 heavy (non-hydrogen) atoms. The topological polar surface area (TPSA) is 52.6 Å². The van der Waals surface area contributed by atoms with Gasteiger partial charge < -0.3 is 15.3 Å². The van der Waals surface area contributed by atoms with Crippen molar-refractivity contribution in [2.24, 2.45) is 0 Å². The first-order chi connectivity index (χ1) is 7.95. The minimum atomic E-state index is -0.562. The molecule has 0 spiro atoms. The quantitative estimate of drug-likeness (QED) is 0.876. The number of halogens is 2. The standard InChI is InChI=1S/C11H14ClFN2O2/c1-7(6-16)15(2)11(17)14-10-5-8(12)3-4-9(10)13/h3-5,7,16H,6H2,1-2H3,(H,14,17). The van der Waals surface area contributed by atoms with Gasteiger partial charge in [0.2, 0.25) is 0 Å². The number of carbonyl (C=O) groups excluding carboxylic acids is 1. The second-order valence-electron chi connectivity index (χ2n) is 3.70. The van der Waals surface area contributed by atoms with E-state index in [9.17, 15) is 9.18 Å². The molecule has 0 bridgehead atoms. The average molecular weight is 261 g/mol. The zero-order valence-corrected chi connectivity index (χ0v) is 10.3. The number of benzene rings is 1. The number of hydrogen-bond acceptors (Lipinski definition) is 2. The minimum Gasteiger partial charge on any atom is -0.394 e. The van der Waals surface area contributed by atoms with Crippen molar-refractivity contribution in [3.05, 3.63) is 29.0 Å². The number of nitrogens with one attached hydrogen (secondary N) is 1. The predicted octanol–water partition coefficient (Wildman–Crippen LogP) is 2.32. The van der Waals surface area contributed by atoms with E-state index < -0.39 is 11.8 Å². The highest BCUT2D eigenvalue weighted by Gasteiger charge is 2.16. The Morgan fingerprint density at radius 2 is 2.29 bits per heavy atom. The van der Waals surface area contributed by atoms with Gasteiger partial charge in [-0.1, -0.05) is 11.6 Å². The Balaban J connectivity index is 2.77. The molecular formula is C11H14ClFN2O2. The van der Waals surface area contributed by atoms with Crippen LogP contribution in [0, 0.1) is 5.82 Å². The largest absolute Gasteiger partial charge is 0.394 e. The number of anilines is 1. The number of amides is 2. The lowest BCUT2D eigenvalue weighted by Crippen LogP contribution is -2.40. The summed E-state index contributed by atoms with van der Waals surface area (Å²) in [7, 11) is 1.51. The fourth-order valence-electron chi connectivity index (χ4n) is 1.12. The zero-order chi connectivity index (χ0) is 13.0. The van der Waals surface area contributed by atoms with E-state index in [1.165, 1.54) is 30.1 Å². The van der Waals surface area contributed by atoms with E-state index in [1.54, 1.807) is 6.92 Å². The third-order valence-corrected chi connectivity index (χ3v) is 2.65. The van der Waals surface area contributed by atoms with Crippen molar-refractivity contribution >= 4 is 23.3 Å². The summed E-state index contributed by atoms with van der Waals surface area (Å²) in [6.07, 6.45) is 0. The highest BCUT2D eigenvalue weighted by molar-refractivity contribution is 6.30. The number of rotatable bonds is 3. The van der Waals surface area contributed by atoms with Gasteiger partial charge in [0, 0.05) is 12.1 Å². The molecule has 0 saturated carbocycles. The lowest BCUT2D eigenvalue weighted by Gasteiger charge is -2.23. The number of urea groups is 1. The predicted molar refractivity (Wildman–Crippen MR) is 64.7 cm³/mol. The molecule has 1 aromatic carbocycles. The van der Waals surface area contributed by atoms with Crippen molar-refractivity contribution in [3.63, 3.8) is 0 Å². The number of nitrogens with zero attached hydrogens (tertiary/aromatic N) is 1. The molecule has 0 radical (unpaired) electrons. The maximum absolute atomic E-state index is 13.3. The molecule has 0 aliphatic rings. The molecule has 1 aromatic rings. The smallest absolute Gasteiger partial charge is 0.321 e. The molecule has 0 saturated heterocycles. The van der Waals surface area contributed by atoms with Gasteiger partial charge in [0.25, 0.3) is 0 Å². The Bertz CT molecular complexity index is 414. The highest BCUT2D eigenvalue weighted by atomic mass is 35.5. The summed E-state index contributed by atoms with van der Waals surface area (Å²) < 4.78 is 13.3. The third-order valence-electron chi connectivity index (χ3n) is 2.42. The fourth-order valence-corrected chi connectivity index (χ4v) is 1.29. The van der Waals surface area contributed by atoms with Crippen LogP contribution in [0.1, 0.15) is 6.92 Å². The van der Waals surface area contributed by atoms with E-state index in [2.05, 4.69) is 5.32 Å². The van der Waals surface area contributed by atoms with Crippen molar-refractivity contribution in [2.45, 2.75) is 13.0 Å². The Hall–Kier alpha value is -1.33. The number of carbonyl (C=O) groups is 1. The van der Waals surface area contributed by atoms with Crippen LogP contribution in [0.3, 0.4) is 0 Å². The summed E-state index contributed by atoms with van der Waals surface area (Å²) in [5.41, 5.74) is 0.0134. The Morgan fingerprint density at radius 1 is 1.65 bits per heavy atom. The fraction of sp³-hybridized carbons (Fsp3) is 0.364. The van der Waals surface area contributed by atoms with Crippen LogP contribution in [0.2, 0.25) is 5.02 Å². The average Bonchev–Trinajstić information content (AvgIpc) is 2.31. The monoisotopic (exact) mass is 260 g/mol. The summed E-state index contributed by atoms with van der Waals surface area (Å²) in [6.45, 7) is 1.51. The van der Waals surface area contributed by atoms with Crippen molar-refractivity contribution < 1.29 is 14.3 Å². The van der Waals surface area contributed by atoms with Crippen LogP contribution in [-0.4, -0.2) is 35.7 Å². The molecule has 4 nitrogen and oxygen atoms in total. The van der Waals surface area contributed by atoms with E-state index in [4.69, 9.17) is 16.7 Å². The van der Waals surface area contributed by atoms with Gasteiger partial charge in [0.1, 0.15) is 5.82 Å². The summed E-state index contributed by atoms with van der Waals surface area (Å²) in [5, 5.41) is 11.6. The first-order valence-electron chi connectivity index (χ1n) is 5.05. The van der Waals surface area contributed by atoms with Crippen LogP contribution < -0.4 is 5.32 Å². The number of hydrogen-bond donors (Lipinski definition) is 2. The van der Waals surface area contributed by atoms with Crippen LogP contribution in [0.15, 0.2) is 18.2 Å². The van der Waals surface area contributed by atoms with Gasteiger partial charge in [-0.3, -0.25) is 0 Å². The summed E-state index contributed by atoms with van der Waals surface area (Å²) >= 11 is 5.70. The van der Waals surface area contributed by atoms with Crippen molar-refractivity contribution in [1.29, 1.82) is 0 Å². The molecule has 94 valence electrons. The molecule has 0 aromatic heterocycles. The maximum Gasteiger partial charge on any atom is 0.321 e. The first-order valence-corrected chi connectivity index (χ1v) is 5.43. The van der Waals surface area contributed by atoms with Gasteiger partial charge in [-0.25, -0.2) is 9.18 Å². The SMILES string of the molecule is CC(CO)N(C)C(=O)Nc1cc(Cl)ccc1F. The van der Waals surface area contributed by atoms with E-state index in [1.807, 2.05) is 0 Å². The van der Waals surface area contributed by atoms with Crippen LogP contribution in [0.4, 0.5) is 14.9 Å². The molecule has 0 heterocycles. The van der Waals surface area contributed by atoms with E-state index in [0.29, 0.717) is 5.02 Å². The van der Waals surface area contributed by atoms with E-state index in [0.717, 1.165) is 0 Å². The minimum absolute atomic E-state index is 0.0134. The van der Waals surface area contributed by atoms with E-state index >= 15 is 0 Å². The van der Waals surface area contributed by atoms with Gasteiger partial charge in [-0.15, -0.1) is 0 Å². The summed E-state index contributed by atoms with van der Waals surface area (Å²) in [5.74, 6) is -0.562. The number of aliphatic hydroxyl groups is 1. The summed E-state index contributed by atoms with van der Waals surface area (Å²) in [6, 6.07) is 3.04. The molecular weight excluding hydrogens is 247 g/mol. The van der Waals surface area contributed by atoms with Crippen LogP contribution in [-0.2, 0) is 0 Å². The Kier molecular flexibility index (Phi) is 4.72. The molecule has 6 heteroatoms.